The summed E-state index contributed by atoms with van der Waals surface area (Å²) in [5.41, 5.74) is 8.08. The van der Waals surface area contributed by atoms with Gasteiger partial charge in [-0.15, -0.1) is 0 Å². The number of nitrogens with two attached hydrogens (primary N) is 1. The fourth-order valence-corrected chi connectivity index (χ4v) is 2.02. The smallest absolute Gasteiger partial charge is 0.237 e. The van der Waals surface area contributed by atoms with E-state index < -0.39 is 6.04 Å². The first-order valence-corrected chi connectivity index (χ1v) is 6.70. The minimum absolute atomic E-state index is 0.113. The molecule has 1 heterocycles. The molecule has 1 atom stereocenters. The zero-order valence-corrected chi connectivity index (χ0v) is 11.6. The van der Waals surface area contributed by atoms with Crippen LogP contribution in [0.2, 0.25) is 0 Å². The highest BCUT2D eigenvalue weighted by molar-refractivity contribution is 5.81. The number of aromatic nitrogens is 2. The Labute approximate surface area is 118 Å². The van der Waals surface area contributed by atoms with Crippen molar-refractivity contribution in [1.82, 2.24) is 15.1 Å². The number of nitrogens with one attached hydrogen (secondary N) is 1. The first-order valence-electron chi connectivity index (χ1n) is 6.70. The summed E-state index contributed by atoms with van der Waals surface area (Å²) in [7, 11) is 1.87. The van der Waals surface area contributed by atoms with Crippen molar-refractivity contribution in [3.05, 3.63) is 53.9 Å². The second kappa shape index (κ2) is 6.86. The molecule has 2 rings (SSSR count). The van der Waals surface area contributed by atoms with Crippen molar-refractivity contribution < 1.29 is 4.79 Å². The molecule has 0 aliphatic heterocycles. The molecule has 0 aliphatic carbocycles. The van der Waals surface area contributed by atoms with Gasteiger partial charge in [0.1, 0.15) is 0 Å². The molecule has 3 N–H and O–H groups in total. The third-order valence-electron chi connectivity index (χ3n) is 3.11. The van der Waals surface area contributed by atoms with E-state index in [1.807, 2.05) is 43.6 Å². The monoisotopic (exact) mass is 272 g/mol. The molecule has 0 aliphatic rings. The third-order valence-corrected chi connectivity index (χ3v) is 3.11. The summed E-state index contributed by atoms with van der Waals surface area (Å²) in [6.07, 6.45) is 5.06. The van der Waals surface area contributed by atoms with Crippen LogP contribution in [0.1, 0.15) is 11.1 Å². The first kappa shape index (κ1) is 14.3. The van der Waals surface area contributed by atoms with Gasteiger partial charge in [-0.2, -0.15) is 5.10 Å². The lowest BCUT2D eigenvalue weighted by Gasteiger charge is -2.12. The Bertz CT molecular complexity index is 550. The second-order valence-electron chi connectivity index (χ2n) is 4.86. The van der Waals surface area contributed by atoms with Gasteiger partial charge in [0.2, 0.25) is 5.91 Å². The molecule has 0 bridgehead atoms. The van der Waals surface area contributed by atoms with E-state index in [0.717, 1.165) is 17.5 Å². The lowest BCUT2D eigenvalue weighted by Crippen LogP contribution is -2.42. The average molecular weight is 272 g/mol. The molecular formula is C15H20N4O. The van der Waals surface area contributed by atoms with E-state index >= 15 is 0 Å². The molecule has 2 aromatic rings. The Balaban J connectivity index is 1.74. The Morgan fingerprint density at radius 1 is 1.35 bits per heavy atom. The minimum atomic E-state index is -0.508. The number of amides is 1. The third kappa shape index (κ3) is 4.20. The standard InChI is InChI=1S/C15H20N4O/c1-19-11-13(10-18-19)7-8-17-15(20)14(16)9-12-5-3-2-4-6-12/h2-6,10-11,14H,7-9,16H2,1H3,(H,17,20). The Hall–Kier alpha value is -2.14. The minimum Gasteiger partial charge on any atom is -0.354 e. The molecule has 0 radical (unpaired) electrons. The van der Waals surface area contributed by atoms with Crippen molar-refractivity contribution >= 4 is 5.91 Å². The number of carbonyl (C=O) groups excluding carboxylic acids is 1. The largest absolute Gasteiger partial charge is 0.354 e. The van der Waals surface area contributed by atoms with Crippen LogP contribution in [-0.4, -0.2) is 28.3 Å². The molecule has 1 aromatic heterocycles. The molecule has 5 heteroatoms. The number of carbonyl (C=O) groups is 1. The van der Waals surface area contributed by atoms with Crippen LogP contribution < -0.4 is 11.1 Å². The van der Waals surface area contributed by atoms with E-state index in [0.29, 0.717) is 13.0 Å². The van der Waals surface area contributed by atoms with Gasteiger partial charge in [0.15, 0.2) is 0 Å². The van der Waals surface area contributed by atoms with Crippen molar-refractivity contribution in [2.75, 3.05) is 6.54 Å². The Morgan fingerprint density at radius 2 is 2.10 bits per heavy atom. The number of aryl methyl sites for hydroxylation is 1. The summed E-state index contributed by atoms with van der Waals surface area (Å²) >= 11 is 0. The molecular weight excluding hydrogens is 252 g/mol. The molecule has 1 aromatic carbocycles. The number of hydrogen-bond acceptors (Lipinski definition) is 3. The van der Waals surface area contributed by atoms with Crippen LogP contribution in [0.5, 0.6) is 0 Å². The van der Waals surface area contributed by atoms with Crippen LogP contribution >= 0.6 is 0 Å². The van der Waals surface area contributed by atoms with E-state index in [2.05, 4.69) is 10.4 Å². The number of benzene rings is 1. The van der Waals surface area contributed by atoms with Gasteiger partial charge in [0.25, 0.3) is 0 Å². The van der Waals surface area contributed by atoms with Crippen LogP contribution in [0.3, 0.4) is 0 Å². The van der Waals surface area contributed by atoms with Gasteiger partial charge >= 0.3 is 0 Å². The average Bonchev–Trinajstić information content (AvgIpc) is 2.85. The normalized spacial score (nSPS) is 12.1. The molecule has 0 spiro atoms. The molecule has 20 heavy (non-hydrogen) atoms. The summed E-state index contributed by atoms with van der Waals surface area (Å²) in [5.74, 6) is -0.113. The molecule has 0 saturated carbocycles. The van der Waals surface area contributed by atoms with Crippen molar-refractivity contribution in [1.29, 1.82) is 0 Å². The maximum atomic E-state index is 11.9. The molecule has 106 valence electrons. The fourth-order valence-electron chi connectivity index (χ4n) is 2.02. The summed E-state index contributed by atoms with van der Waals surface area (Å²) in [6, 6.07) is 9.28. The van der Waals surface area contributed by atoms with E-state index in [4.69, 9.17) is 5.73 Å². The van der Waals surface area contributed by atoms with Gasteiger partial charge in [-0.3, -0.25) is 9.48 Å². The maximum absolute atomic E-state index is 11.9. The van der Waals surface area contributed by atoms with E-state index in [1.165, 1.54) is 0 Å². The van der Waals surface area contributed by atoms with E-state index in [-0.39, 0.29) is 5.91 Å². The Morgan fingerprint density at radius 3 is 2.75 bits per heavy atom. The zero-order chi connectivity index (χ0) is 14.4. The number of nitrogens with zero attached hydrogens (tertiary/aromatic N) is 2. The summed E-state index contributed by atoms with van der Waals surface area (Å²) in [6.45, 7) is 0.576. The van der Waals surface area contributed by atoms with Gasteiger partial charge < -0.3 is 11.1 Å². The van der Waals surface area contributed by atoms with Gasteiger partial charge in [0, 0.05) is 19.8 Å². The zero-order valence-electron chi connectivity index (χ0n) is 11.6. The van der Waals surface area contributed by atoms with Crippen LogP contribution in [0.15, 0.2) is 42.7 Å². The van der Waals surface area contributed by atoms with Crippen molar-refractivity contribution in [2.24, 2.45) is 12.8 Å². The maximum Gasteiger partial charge on any atom is 0.237 e. The van der Waals surface area contributed by atoms with Gasteiger partial charge in [-0.1, -0.05) is 30.3 Å². The van der Waals surface area contributed by atoms with Crippen LogP contribution in [0, 0.1) is 0 Å². The highest BCUT2D eigenvalue weighted by Crippen LogP contribution is 2.02. The molecule has 1 unspecified atom stereocenters. The lowest BCUT2D eigenvalue weighted by molar-refractivity contribution is -0.122. The van der Waals surface area contributed by atoms with Crippen LogP contribution in [-0.2, 0) is 24.7 Å². The first-order chi connectivity index (χ1) is 9.65. The van der Waals surface area contributed by atoms with Crippen molar-refractivity contribution in [2.45, 2.75) is 18.9 Å². The molecule has 5 nitrogen and oxygen atoms in total. The lowest BCUT2D eigenvalue weighted by atomic mass is 10.1. The molecule has 0 saturated heterocycles. The number of rotatable bonds is 6. The SMILES string of the molecule is Cn1cc(CCNC(=O)C(N)Cc2ccccc2)cn1. The van der Waals surface area contributed by atoms with Crippen LogP contribution in [0.25, 0.3) is 0 Å². The van der Waals surface area contributed by atoms with Gasteiger partial charge in [0.05, 0.1) is 12.2 Å². The van der Waals surface area contributed by atoms with E-state index in [1.54, 1.807) is 10.9 Å². The van der Waals surface area contributed by atoms with Crippen molar-refractivity contribution in [3.8, 4) is 0 Å². The Kier molecular flexibility index (Phi) is 4.90. The van der Waals surface area contributed by atoms with Gasteiger partial charge in [-0.05, 0) is 24.0 Å². The molecule has 0 fully saturated rings. The predicted octanol–water partition coefficient (Wildman–Crippen LogP) is 0.649. The highest BCUT2D eigenvalue weighted by Gasteiger charge is 2.13. The van der Waals surface area contributed by atoms with Gasteiger partial charge in [-0.25, -0.2) is 0 Å². The highest BCUT2D eigenvalue weighted by atomic mass is 16.2. The van der Waals surface area contributed by atoms with Crippen LogP contribution in [0.4, 0.5) is 0 Å². The summed E-state index contributed by atoms with van der Waals surface area (Å²) in [5, 5.41) is 6.94. The van der Waals surface area contributed by atoms with Crippen molar-refractivity contribution in [3.63, 3.8) is 0 Å². The summed E-state index contributed by atoms with van der Waals surface area (Å²) < 4.78 is 1.75. The number of hydrogen-bond donors (Lipinski definition) is 2. The second-order valence-corrected chi connectivity index (χ2v) is 4.86. The summed E-state index contributed by atoms with van der Waals surface area (Å²) in [4.78, 5) is 11.9. The van der Waals surface area contributed by atoms with E-state index in [9.17, 15) is 4.79 Å². The quantitative estimate of drug-likeness (QED) is 0.811. The molecule has 1 amide bonds. The predicted molar refractivity (Wildman–Crippen MR) is 78.0 cm³/mol. The fraction of sp³-hybridized carbons (Fsp3) is 0.333. The topological polar surface area (TPSA) is 72.9 Å².